The van der Waals surface area contributed by atoms with E-state index >= 15 is 0 Å². The summed E-state index contributed by atoms with van der Waals surface area (Å²) in [6.07, 6.45) is 0. The number of thiophene rings is 1. The van der Waals surface area contributed by atoms with E-state index in [4.69, 9.17) is 4.74 Å². The number of aryl methyl sites for hydroxylation is 1. The van der Waals surface area contributed by atoms with Crippen LogP contribution in [-0.4, -0.2) is 17.0 Å². The van der Waals surface area contributed by atoms with Crippen molar-refractivity contribution in [3.05, 3.63) is 46.9 Å². The van der Waals surface area contributed by atoms with Gasteiger partial charge in [-0.3, -0.25) is 0 Å². The second-order valence-electron chi connectivity index (χ2n) is 4.55. The highest BCUT2D eigenvalue weighted by Gasteiger charge is 2.10. The van der Waals surface area contributed by atoms with Crippen molar-refractivity contribution < 1.29 is 9.13 Å². The Kier molecular flexibility index (Phi) is 3.70. The summed E-state index contributed by atoms with van der Waals surface area (Å²) < 4.78 is 19.4. The molecular weight excluding hydrogens is 289 g/mol. The summed E-state index contributed by atoms with van der Waals surface area (Å²) in [6.45, 7) is 1.83. The fourth-order valence-electron chi connectivity index (χ4n) is 2.03. The van der Waals surface area contributed by atoms with E-state index in [2.05, 4.69) is 15.3 Å². The van der Waals surface area contributed by atoms with E-state index in [0.29, 0.717) is 11.4 Å². The smallest absolute Gasteiger partial charge is 0.169 e. The molecule has 0 bridgehead atoms. The van der Waals surface area contributed by atoms with E-state index in [-0.39, 0.29) is 18.2 Å². The van der Waals surface area contributed by atoms with Crippen LogP contribution in [-0.2, 0) is 6.61 Å². The minimum absolute atomic E-state index is 0.128. The molecule has 0 fully saturated rings. The molecule has 0 atom stereocenters. The van der Waals surface area contributed by atoms with Crippen LogP contribution in [0.5, 0.6) is 5.75 Å². The fraction of sp³-hybridized carbons (Fsp3) is 0.200. The molecule has 6 heteroatoms. The zero-order valence-corrected chi connectivity index (χ0v) is 12.5. The van der Waals surface area contributed by atoms with E-state index in [9.17, 15) is 4.39 Å². The first-order valence-electron chi connectivity index (χ1n) is 6.49. The normalized spacial score (nSPS) is 10.8. The zero-order valence-electron chi connectivity index (χ0n) is 11.7. The molecule has 0 unspecified atom stereocenters. The Morgan fingerprint density at radius 2 is 2.14 bits per heavy atom. The third-order valence-corrected chi connectivity index (χ3v) is 3.93. The standard InChI is InChI=1S/C15H14FN3OS/c1-9-4-3-5-11(13(9)16)20-8-12-18-14(17-2)10-6-7-21-15(10)19-12/h3-7H,8H2,1-2H3,(H,17,18,19). The first kappa shape index (κ1) is 13.8. The number of hydrogen-bond donors (Lipinski definition) is 1. The lowest BCUT2D eigenvalue weighted by molar-refractivity contribution is 0.281. The quantitative estimate of drug-likeness (QED) is 0.797. The number of nitrogens with one attached hydrogen (secondary N) is 1. The molecule has 4 nitrogen and oxygen atoms in total. The molecule has 2 aromatic heterocycles. The Morgan fingerprint density at radius 1 is 1.29 bits per heavy atom. The van der Waals surface area contributed by atoms with Crippen molar-refractivity contribution in [1.82, 2.24) is 9.97 Å². The molecule has 0 spiro atoms. The van der Waals surface area contributed by atoms with E-state index in [1.165, 1.54) is 11.3 Å². The first-order chi connectivity index (χ1) is 10.2. The van der Waals surface area contributed by atoms with Crippen molar-refractivity contribution >= 4 is 27.4 Å². The van der Waals surface area contributed by atoms with Gasteiger partial charge in [0, 0.05) is 7.05 Å². The molecule has 3 aromatic rings. The number of ether oxygens (including phenoxy) is 1. The van der Waals surface area contributed by atoms with Gasteiger partial charge in [0.25, 0.3) is 0 Å². The summed E-state index contributed by atoms with van der Waals surface area (Å²) in [7, 11) is 1.81. The highest BCUT2D eigenvalue weighted by Crippen LogP contribution is 2.25. The van der Waals surface area contributed by atoms with Crippen molar-refractivity contribution in [2.24, 2.45) is 0 Å². The lowest BCUT2D eigenvalue weighted by Crippen LogP contribution is -2.05. The molecule has 0 aliphatic rings. The Morgan fingerprint density at radius 3 is 2.95 bits per heavy atom. The van der Waals surface area contributed by atoms with Gasteiger partial charge in [-0.2, -0.15) is 0 Å². The Bertz CT molecular complexity index is 788. The van der Waals surface area contributed by atoms with Crippen LogP contribution in [0.15, 0.2) is 29.6 Å². The second kappa shape index (κ2) is 5.65. The van der Waals surface area contributed by atoms with Crippen LogP contribution in [0.2, 0.25) is 0 Å². The van der Waals surface area contributed by atoms with Gasteiger partial charge in [0.2, 0.25) is 0 Å². The van der Waals surface area contributed by atoms with Crippen molar-refractivity contribution in [2.45, 2.75) is 13.5 Å². The molecule has 0 aliphatic carbocycles. The van der Waals surface area contributed by atoms with Crippen molar-refractivity contribution in [3.8, 4) is 5.75 Å². The molecule has 0 radical (unpaired) electrons. The van der Waals surface area contributed by atoms with E-state index < -0.39 is 0 Å². The van der Waals surface area contributed by atoms with Gasteiger partial charge in [-0.25, -0.2) is 14.4 Å². The van der Waals surface area contributed by atoms with Crippen LogP contribution in [0, 0.1) is 12.7 Å². The number of anilines is 1. The molecular formula is C15H14FN3OS. The van der Waals surface area contributed by atoms with Gasteiger partial charge in [-0.15, -0.1) is 11.3 Å². The maximum atomic E-state index is 13.9. The minimum atomic E-state index is -0.344. The molecule has 0 saturated heterocycles. The minimum Gasteiger partial charge on any atom is -0.483 e. The van der Waals surface area contributed by atoms with Gasteiger partial charge in [0.1, 0.15) is 17.3 Å². The Labute approximate surface area is 125 Å². The maximum Gasteiger partial charge on any atom is 0.169 e. The summed E-state index contributed by atoms with van der Waals surface area (Å²) in [5.74, 6) is 1.15. The van der Waals surface area contributed by atoms with Gasteiger partial charge < -0.3 is 10.1 Å². The monoisotopic (exact) mass is 303 g/mol. The molecule has 0 amide bonds. The molecule has 0 saturated carbocycles. The zero-order chi connectivity index (χ0) is 14.8. The molecule has 1 N–H and O–H groups in total. The third kappa shape index (κ3) is 2.67. The van der Waals surface area contributed by atoms with Crippen LogP contribution in [0.3, 0.4) is 0 Å². The van der Waals surface area contributed by atoms with Crippen LogP contribution in [0.4, 0.5) is 10.2 Å². The molecule has 108 valence electrons. The number of fused-ring (bicyclic) bond motifs is 1. The van der Waals surface area contributed by atoms with Crippen LogP contribution in [0.1, 0.15) is 11.4 Å². The lowest BCUT2D eigenvalue weighted by Gasteiger charge is -2.09. The average molecular weight is 303 g/mol. The SMILES string of the molecule is CNc1nc(COc2cccc(C)c2F)nc2sccc12. The van der Waals surface area contributed by atoms with Gasteiger partial charge in [0.05, 0.1) is 5.39 Å². The number of benzene rings is 1. The lowest BCUT2D eigenvalue weighted by atomic mass is 10.2. The van der Waals surface area contributed by atoms with Crippen LogP contribution >= 0.6 is 11.3 Å². The number of rotatable bonds is 4. The van der Waals surface area contributed by atoms with Gasteiger partial charge >= 0.3 is 0 Å². The topological polar surface area (TPSA) is 47.0 Å². The van der Waals surface area contributed by atoms with Crippen molar-refractivity contribution in [3.63, 3.8) is 0 Å². The predicted octanol–water partition coefficient (Wildman–Crippen LogP) is 3.76. The maximum absolute atomic E-state index is 13.9. The predicted molar refractivity (Wildman–Crippen MR) is 82.4 cm³/mol. The van der Waals surface area contributed by atoms with E-state index in [0.717, 1.165) is 16.0 Å². The molecule has 1 aromatic carbocycles. The Hall–Kier alpha value is -2.21. The van der Waals surface area contributed by atoms with E-state index in [1.807, 2.05) is 18.5 Å². The van der Waals surface area contributed by atoms with Gasteiger partial charge in [-0.05, 0) is 30.0 Å². The van der Waals surface area contributed by atoms with Crippen molar-refractivity contribution in [1.29, 1.82) is 0 Å². The number of hydrogen-bond acceptors (Lipinski definition) is 5. The summed E-state index contributed by atoms with van der Waals surface area (Å²) in [5.41, 5.74) is 0.554. The second-order valence-corrected chi connectivity index (χ2v) is 5.45. The number of nitrogens with zero attached hydrogens (tertiary/aromatic N) is 2. The van der Waals surface area contributed by atoms with Crippen molar-refractivity contribution in [2.75, 3.05) is 12.4 Å². The fourth-order valence-corrected chi connectivity index (χ4v) is 2.81. The highest BCUT2D eigenvalue weighted by molar-refractivity contribution is 7.16. The Balaban J connectivity index is 1.86. The molecule has 3 rings (SSSR count). The summed E-state index contributed by atoms with van der Waals surface area (Å²) in [5, 5.41) is 5.98. The first-order valence-corrected chi connectivity index (χ1v) is 7.37. The largest absolute Gasteiger partial charge is 0.483 e. The average Bonchev–Trinajstić information content (AvgIpc) is 2.96. The summed E-state index contributed by atoms with van der Waals surface area (Å²) >= 11 is 1.54. The number of halogens is 1. The van der Waals surface area contributed by atoms with Crippen LogP contribution in [0.25, 0.3) is 10.2 Å². The summed E-state index contributed by atoms with van der Waals surface area (Å²) in [6, 6.07) is 7.04. The van der Waals surface area contributed by atoms with Gasteiger partial charge in [-0.1, -0.05) is 12.1 Å². The van der Waals surface area contributed by atoms with E-state index in [1.54, 1.807) is 25.1 Å². The van der Waals surface area contributed by atoms with Gasteiger partial charge in [0.15, 0.2) is 17.4 Å². The van der Waals surface area contributed by atoms with Crippen LogP contribution < -0.4 is 10.1 Å². The molecule has 0 aliphatic heterocycles. The molecule has 2 heterocycles. The summed E-state index contributed by atoms with van der Waals surface area (Å²) in [4.78, 5) is 9.71. The molecule has 21 heavy (non-hydrogen) atoms. The number of aromatic nitrogens is 2. The highest BCUT2D eigenvalue weighted by atomic mass is 32.1. The third-order valence-electron chi connectivity index (χ3n) is 3.12.